The fourth-order valence-corrected chi connectivity index (χ4v) is 5.13. The van der Waals surface area contributed by atoms with Crippen molar-refractivity contribution in [2.75, 3.05) is 0 Å². The quantitative estimate of drug-likeness (QED) is 0.606. The van der Waals surface area contributed by atoms with E-state index in [0.717, 1.165) is 47.2 Å². The number of hydrogen-bond donors (Lipinski definition) is 0. The second kappa shape index (κ2) is 7.33. The standard InChI is InChI=1S/C21H21BrN6O/c1-13-3-2-4-17(20(13)28-25-7-8-26-28)21(29)27-16-5-6-18(27)14(10-16)9-15-11-24-19(22)12-23-15/h2-4,7-8,11-12,14,16,18H,5-6,9-10H2,1H3. The summed E-state index contributed by atoms with van der Waals surface area (Å²) in [6.07, 6.45) is 10.8. The van der Waals surface area contributed by atoms with Crippen molar-refractivity contribution in [1.82, 2.24) is 29.9 Å². The normalized spacial score (nSPS) is 23.0. The predicted octanol–water partition coefficient (Wildman–Crippen LogP) is 3.36. The Labute approximate surface area is 177 Å². The molecule has 0 radical (unpaired) electrons. The van der Waals surface area contributed by atoms with Gasteiger partial charge in [-0.15, -0.1) is 0 Å². The molecule has 3 aromatic rings. The van der Waals surface area contributed by atoms with Gasteiger partial charge in [0.25, 0.3) is 5.91 Å². The summed E-state index contributed by atoms with van der Waals surface area (Å²) in [6, 6.07) is 6.35. The molecule has 0 saturated carbocycles. The molecule has 2 bridgehead atoms. The Hall–Kier alpha value is -2.61. The SMILES string of the molecule is Cc1cccc(C(=O)N2C3CCC2C(Cc2cnc(Br)cn2)C3)c1-n1nccn1. The van der Waals surface area contributed by atoms with E-state index in [4.69, 9.17) is 0 Å². The van der Waals surface area contributed by atoms with E-state index >= 15 is 0 Å². The van der Waals surface area contributed by atoms with Gasteiger partial charge >= 0.3 is 0 Å². The third-order valence-corrected chi connectivity index (χ3v) is 6.54. The molecule has 0 aliphatic carbocycles. The van der Waals surface area contributed by atoms with Gasteiger partial charge in [-0.05, 0) is 66.1 Å². The van der Waals surface area contributed by atoms with Gasteiger partial charge in [0.1, 0.15) is 10.3 Å². The monoisotopic (exact) mass is 452 g/mol. The summed E-state index contributed by atoms with van der Waals surface area (Å²) in [6.45, 7) is 1.99. The highest BCUT2D eigenvalue weighted by Gasteiger charge is 2.48. The summed E-state index contributed by atoms with van der Waals surface area (Å²) < 4.78 is 0.741. The van der Waals surface area contributed by atoms with Gasteiger partial charge in [0.05, 0.1) is 29.8 Å². The average Bonchev–Trinajstić information content (AvgIpc) is 3.45. The molecule has 3 atom stereocenters. The van der Waals surface area contributed by atoms with Crippen molar-refractivity contribution in [3.63, 3.8) is 0 Å². The maximum Gasteiger partial charge on any atom is 0.256 e. The number of nitrogens with zero attached hydrogens (tertiary/aromatic N) is 6. The van der Waals surface area contributed by atoms with E-state index in [9.17, 15) is 4.79 Å². The van der Waals surface area contributed by atoms with Crippen molar-refractivity contribution in [2.45, 2.75) is 44.7 Å². The minimum absolute atomic E-state index is 0.0814. The molecule has 5 rings (SSSR count). The van der Waals surface area contributed by atoms with Crippen molar-refractivity contribution in [3.05, 3.63) is 64.4 Å². The number of amides is 1. The Kier molecular flexibility index (Phi) is 4.66. The molecule has 2 aliphatic heterocycles. The highest BCUT2D eigenvalue weighted by molar-refractivity contribution is 9.10. The van der Waals surface area contributed by atoms with Crippen molar-refractivity contribution in [1.29, 1.82) is 0 Å². The number of halogens is 1. The van der Waals surface area contributed by atoms with Crippen LogP contribution in [0.15, 0.2) is 47.6 Å². The third kappa shape index (κ3) is 3.25. The van der Waals surface area contributed by atoms with Gasteiger partial charge in [0, 0.05) is 18.3 Å². The van der Waals surface area contributed by atoms with Gasteiger partial charge in [-0.25, -0.2) is 4.98 Å². The number of para-hydroxylation sites is 1. The summed E-state index contributed by atoms with van der Waals surface area (Å²) in [5.74, 6) is 0.502. The largest absolute Gasteiger partial charge is 0.332 e. The zero-order chi connectivity index (χ0) is 20.0. The molecule has 0 N–H and O–H groups in total. The minimum atomic E-state index is 0.0814. The number of fused-ring (bicyclic) bond motifs is 2. The first kappa shape index (κ1) is 18.4. The van der Waals surface area contributed by atoms with E-state index in [1.165, 1.54) is 0 Å². The molecular formula is C21H21BrN6O. The van der Waals surface area contributed by atoms with Crippen molar-refractivity contribution in [2.24, 2.45) is 5.92 Å². The first-order chi connectivity index (χ1) is 14.1. The minimum Gasteiger partial charge on any atom is -0.332 e. The molecule has 29 heavy (non-hydrogen) atoms. The van der Waals surface area contributed by atoms with Crippen LogP contribution in [-0.2, 0) is 6.42 Å². The lowest BCUT2D eigenvalue weighted by Crippen LogP contribution is -2.37. The predicted molar refractivity (Wildman–Crippen MR) is 111 cm³/mol. The van der Waals surface area contributed by atoms with Gasteiger partial charge < -0.3 is 4.90 Å². The molecule has 0 spiro atoms. The highest BCUT2D eigenvalue weighted by atomic mass is 79.9. The van der Waals surface area contributed by atoms with Crippen molar-refractivity contribution in [3.8, 4) is 5.69 Å². The van der Waals surface area contributed by atoms with Crippen LogP contribution >= 0.6 is 15.9 Å². The molecule has 2 saturated heterocycles. The Morgan fingerprint density at radius 3 is 2.76 bits per heavy atom. The lowest BCUT2D eigenvalue weighted by atomic mass is 9.86. The molecule has 1 amide bonds. The fourth-order valence-electron chi connectivity index (χ4n) is 4.93. The van der Waals surface area contributed by atoms with Crippen LogP contribution in [0.2, 0.25) is 0 Å². The van der Waals surface area contributed by atoms with E-state index in [-0.39, 0.29) is 11.9 Å². The first-order valence-electron chi connectivity index (χ1n) is 9.87. The van der Waals surface area contributed by atoms with Crippen LogP contribution in [0.1, 0.15) is 40.9 Å². The lowest BCUT2D eigenvalue weighted by molar-refractivity contribution is 0.0718. The first-order valence-corrected chi connectivity index (χ1v) is 10.7. The second-order valence-corrected chi connectivity index (χ2v) is 8.64. The molecule has 8 heteroatoms. The number of hydrogen-bond acceptors (Lipinski definition) is 5. The molecule has 3 unspecified atom stereocenters. The second-order valence-electron chi connectivity index (χ2n) is 7.83. The Morgan fingerprint density at radius 2 is 2.00 bits per heavy atom. The molecule has 7 nitrogen and oxygen atoms in total. The van der Waals surface area contributed by atoms with Crippen LogP contribution in [0.4, 0.5) is 0 Å². The van der Waals surface area contributed by atoms with Crippen LogP contribution in [0.25, 0.3) is 5.69 Å². The Bertz CT molecular complexity index is 1040. The number of aromatic nitrogens is 5. The van der Waals surface area contributed by atoms with Crippen LogP contribution in [0.5, 0.6) is 0 Å². The van der Waals surface area contributed by atoms with Gasteiger partial charge in [0.2, 0.25) is 0 Å². The highest BCUT2D eigenvalue weighted by Crippen LogP contribution is 2.44. The Morgan fingerprint density at radius 1 is 1.17 bits per heavy atom. The van der Waals surface area contributed by atoms with Gasteiger partial charge in [0.15, 0.2) is 0 Å². The van der Waals surface area contributed by atoms with Crippen molar-refractivity contribution >= 4 is 21.8 Å². The summed E-state index contributed by atoms with van der Waals surface area (Å²) in [5.41, 5.74) is 3.40. The van der Waals surface area contributed by atoms with Crippen molar-refractivity contribution < 1.29 is 4.79 Å². The third-order valence-electron chi connectivity index (χ3n) is 6.13. The fraction of sp³-hybridized carbons (Fsp3) is 0.381. The van der Waals surface area contributed by atoms with Gasteiger partial charge in [-0.3, -0.25) is 9.78 Å². The summed E-state index contributed by atoms with van der Waals surface area (Å²) in [5, 5.41) is 8.53. The maximum atomic E-state index is 13.6. The van der Waals surface area contributed by atoms with E-state index in [1.54, 1.807) is 23.4 Å². The molecule has 2 aliphatic rings. The summed E-state index contributed by atoms with van der Waals surface area (Å²) in [4.78, 5) is 26.1. The maximum absolute atomic E-state index is 13.6. The van der Waals surface area contributed by atoms with E-state index in [1.807, 2.05) is 31.3 Å². The van der Waals surface area contributed by atoms with Crippen LogP contribution in [-0.4, -0.2) is 47.9 Å². The number of carbonyl (C=O) groups is 1. The van der Waals surface area contributed by atoms with Crippen LogP contribution < -0.4 is 0 Å². The summed E-state index contributed by atoms with van der Waals surface area (Å²) >= 11 is 3.34. The van der Waals surface area contributed by atoms with E-state index in [2.05, 4.69) is 41.0 Å². The van der Waals surface area contributed by atoms with Crippen LogP contribution in [0, 0.1) is 12.8 Å². The lowest BCUT2D eigenvalue weighted by Gasteiger charge is -2.25. The number of aryl methyl sites for hydroxylation is 1. The summed E-state index contributed by atoms with van der Waals surface area (Å²) in [7, 11) is 0. The number of benzene rings is 1. The van der Waals surface area contributed by atoms with Gasteiger partial charge in [-0.2, -0.15) is 15.0 Å². The molecule has 4 heterocycles. The zero-order valence-corrected chi connectivity index (χ0v) is 17.7. The van der Waals surface area contributed by atoms with E-state index in [0.29, 0.717) is 17.5 Å². The Balaban J connectivity index is 1.43. The molecule has 2 fully saturated rings. The molecule has 2 aromatic heterocycles. The number of rotatable bonds is 4. The van der Waals surface area contributed by atoms with E-state index < -0.39 is 0 Å². The smallest absolute Gasteiger partial charge is 0.256 e. The molecular weight excluding hydrogens is 432 g/mol. The van der Waals surface area contributed by atoms with Crippen LogP contribution in [0.3, 0.4) is 0 Å². The molecule has 148 valence electrons. The zero-order valence-electron chi connectivity index (χ0n) is 16.1. The average molecular weight is 453 g/mol. The molecule has 1 aromatic carbocycles. The topological polar surface area (TPSA) is 76.8 Å². The van der Waals surface area contributed by atoms with Gasteiger partial charge in [-0.1, -0.05) is 12.1 Å². The number of carbonyl (C=O) groups excluding carboxylic acids is 1.